The number of nitrogens with zero attached hydrogens (tertiary/aromatic N) is 2. The number of hydrogen-bond donors (Lipinski definition) is 2. The summed E-state index contributed by atoms with van der Waals surface area (Å²) in [6.45, 7) is 6.14. The Hall–Kier alpha value is -1.60. The minimum absolute atomic E-state index is 0.0161. The predicted octanol–water partition coefficient (Wildman–Crippen LogP) is 0.921. The largest absolute Gasteiger partial charge is 0.473 e. The zero-order chi connectivity index (χ0) is 14.1. The van der Waals surface area contributed by atoms with Gasteiger partial charge in [-0.2, -0.15) is 4.98 Å². The molecular weight excluding hydrogens is 248 g/mol. The second kappa shape index (κ2) is 8.49. The summed E-state index contributed by atoms with van der Waals surface area (Å²) in [4.78, 5) is 8.07. The van der Waals surface area contributed by atoms with Gasteiger partial charge in [0.15, 0.2) is 5.82 Å². The number of nitrogen functional groups attached to an aromatic ring is 1. The van der Waals surface area contributed by atoms with Crippen molar-refractivity contribution in [3.05, 3.63) is 6.33 Å². The maximum absolute atomic E-state index is 5.92. The molecule has 1 aromatic rings. The molecule has 7 nitrogen and oxygen atoms in total. The topological polar surface area (TPSA) is 91.5 Å². The van der Waals surface area contributed by atoms with Crippen LogP contribution in [0, 0.1) is 0 Å². The van der Waals surface area contributed by atoms with Crippen LogP contribution in [0.4, 0.5) is 11.5 Å². The minimum Gasteiger partial charge on any atom is -0.473 e. The van der Waals surface area contributed by atoms with Crippen LogP contribution >= 0.6 is 0 Å². The first-order valence-electron chi connectivity index (χ1n) is 6.22. The molecule has 0 bridgehead atoms. The number of methoxy groups -OCH3 is 1. The van der Waals surface area contributed by atoms with Gasteiger partial charge in [-0.05, 0) is 13.8 Å². The van der Waals surface area contributed by atoms with E-state index < -0.39 is 0 Å². The Morgan fingerprint density at radius 3 is 2.74 bits per heavy atom. The summed E-state index contributed by atoms with van der Waals surface area (Å²) in [6.07, 6.45) is 1.43. The molecule has 0 fully saturated rings. The van der Waals surface area contributed by atoms with Gasteiger partial charge >= 0.3 is 0 Å². The molecule has 0 radical (unpaired) electrons. The third kappa shape index (κ3) is 5.71. The van der Waals surface area contributed by atoms with Crippen molar-refractivity contribution >= 4 is 11.5 Å². The van der Waals surface area contributed by atoms with Gasteiger partial charge in [-0.15, -0.1) is 0 Å². The van der Waals surface area contributed by atoms with Crippen molar-refractivity contribution in [1.29, 1.82) is 0 Å². The lowest BCUT2D eigenvalue weighted by atomic mass is 10.4. The van der Waals surface area contributed by atoms with Crippen LogP contribution in [0.2, 0.25) is 0 Å². The molecule has 0 amide bonds. The highest BCUT2D eigenvalue weighted by molar-refractivity contribution is 5.66. The minimum atomic E-state index is 0.0161. The van der Waals surface area contributed by atoms with Crippen molar-refractivity contribution in [2.24, 2.45) is 0 Å². The smallest absolute Gasteiger partial charge is 0.242 e. The average molecular weight is 270 g/mol. The van der Waals surface area contributed by atoms with Crippen molar-refractivity contribution in [1.82, 2.24) is 9.97 Å². The van der Waals surface area contributed by atoms with Crippen LogP contribution in [0.15, 0.2) is 6.33 Å². The second-order valence-corrected chi connectivity index (χ2v) is 4.14. The summed E-state index contributed by atoms with van der Waals surface area (Å²) < 4.78 is 15.7. The van der Waals surface area contributed by atoms with Crippen LogP contribution in [-0.4, -0.2) is 49.5 Å². The van der Waals surface area contributed by atoms with Crippen molar-refractivity contribution < 1.29 is 14.2 Å². The number of ether oxygens (including phenoxy) is 3. The number of nitrogens with one attached hydrogen (secondary N) is 1. The van der Waals surface area contributed by atoms with Crippen molar-refractivity contribution in [2.45, 2.75) is 20.0 Å². The maximum Gasteiger partial charge on any atom is 0.242 e. The standard InChI is InChI=1S/C12H22N4O3/c1-9(2)19-12-10(13)11(15-8-16-12)14-4-5-18-7-6-17-3/h8-9H,4-7,13H2,1-3H3,(H,14,15,16). The average Bonchev–Trinajstić information content (AvgIpc) is 2.37. The third-order valence-corrected chi connectivity index (χ3v) is 2.17. The van der Waals surface area contributed by atoms with Crippen LogP contribution in [0.5, 0.6) is 5.88 Å². The molecular formula is C12H22N4O3. The fourth-order valence-electron chi connectivity index (χ4n) is 1.32. The Labute approximate surface area is 113 Å². The van der Waals surface area contributed by atoms with Crippen LogP contribution < -0.4 is 15.8 Å². The van der Waals surface area contributed by atoms with E-state index in [1.165, 1.54) is 6.33 Å². The molecule has 0 aliphatic carbocycles. The molecule has 0 saturated carbocycles. The van der Waals surface area contributed by atoms with Gasteiger partial charge in [0.1, 0.15) is 12.0 Å². The number of aromatic nitrogens is 2. The Morgan fingerprint density at radius 2 is 2.05 bits per heavy atom. The highest BCUT2D eigenvalue weighted by Gasteiger charge is 2.09. The Morgan fingerprint density at radius 1 is 1.26 bits per heavy atom. The van der Waals surface area contributed by atoms with Crippen LogP contribution in [0.25, 0.3) is 0 Å². The van der Waals surface area contributed by atoms with Gasteiger partial charge in [-0.25, -0.2) is 4.98 Å². The molecule has 0 aliphatic heterocycles. The van der Waals surface area contributed by atoms with Crippen molar-refractivity contribution in [2.75, 3.05) is 44.5 Å². The molecule has 0 unspecified atom stereocenters. The molecule has 0 saturated heterocycles. The number of nitrogens with two attached hydrogens (primary N) is 1. The summed E-state index contributed by atoms with van der Waals surface area (Å²) >= 11 is 0. The normalized spacial score (nSPS) is 10.7. The van der Waals surface area contributed by atoms with E-state index in [2.05, 4.69) is 15.3 Å². The molecule has 108 valence electrons. The first-order valence-corrected chi connectivity index (χ1v) is 6.22. The quantitative estimate of drug-likeness (QED) is 0.645. The second-order valence-electron chi connectivity index (χ2n) is 4.14. The molecule has 7 heteroatoms. The molecule has 3 N–H and O–H groups in total. The zero-order valence-electron chi connectivity index (χ0n) is 11.7. The van der Waals surface area contributed by atoms with Gasteiger partial charge in [-0.1, -0.05) is 0 Å². The predicted molar refractivity (Wildman–Crippen MR) is 73.4 cm³/mol. The van der Waals surface area contributed by atoms with E-state index in [1.807, 2.05) is 13.8 Å². The van der Waals surface area contributed by atoms with Gasteiger partial charge < -0.3 is 25.3 Å². The monoisotopic (exact) mass is 270 g/mol. The van der Waals surface area contributed by atoms with Crippen molar-refractivity contribution in [3.63, 3.8) is 0 Å². The summed E-state index contributed by atoms with van der Waals surface area (Å²) in [6, 6.07) is 0. The molecule has 0 aliphatic rings. The summed E-state index contributed by atoms with van der Waals surface area (Å²) in [5, 5.41) is 3.08. The molecule has 1 heterocycles. The maximum atomic E-state index is 5.92. The van der Waals surface area contributed by atoms with Crippen LogP contribution in [-0.2, 0) is 9.47 Å². The molecule has 19 heavy (non-hydrogen) atoms. The van der Waals surface area contributed by atoms with Crippen LogP contribution in [0.1, 0.15) is 13.8 Å². The molecule has 1 rings (SSSR count). The molecule has 1 aromatic heterocycles. The highest BCUT2D eigenvalue weighted by atomic mass is 16.5. The van der Waals surface area contributed by atoms with E-state index in [0.717, 1.165) is 0 Å². The summed E-state index contributed by atoms with van der Waals surface area (Å²) in [5.74, 6) is 0.953. The van der Waals surface area contributed by atoms with E-state index in [4.69, 9.17) is 19.9 Å². The lowest BCUT2D eigenvalue weighted by molar-refractivity contribution is 0.0759. The fraction of sp³-hybridized carbons (Fsp3) is 0.667. The summed E-state index contributed by atoms with van der Waals surface area (Å²) in [5.41, 5.74) is 6.33. The van der Waals surface area contributed by atoms with E-state index >= 15 is 0 Å². The van der Waals surface area contributed by atoms with E-state index in [9.17, 15) is 0 Å². The Bertz CT molecular complexity index is 374. The Kier molecular flexibility index (Phi) is 6.91. The number of anilines is 2. The van der Waals surface area contributed by atoms with E-state index in [-0.39, 0.29) is 6.10 Å². The van der Waals surface area contributed by atoms with Crippen molar-refractivity contribution in [3.8, 4) is 5.88 Å². The first-order chi connectivity index (χ1) is 9.15. The number of hydrogen-bond acceptors (Lipinski definition) is 7. The Balaban J connectivity index is 2.41. The molecule has 0 atom stereocenters. The fourth-order valence-corrected chi connectivity index (χ4v) is 1.32. The highest BCUT2D eigenvalue weighted by Crippen LogP contribution is 2.24. The lowest BCUT2D eigenvalue weighted by Gasteiger charge is -2.13. The van der Waals surface area contributed by atoms with Gasteiger partial charge in [-0.3, -0.25) is 0 Å². The third-order valence-electron chi connectivity index (χ3n) is 2.17. The van der Waals surface area contributed by atoms with Gasteiger partial charge in [0.25, 0.3) is 0 Å². The zero-order valence-corrected chi connectivity index (χ0v) is 11.7. The summed E-state index contributed by atoms with van der Waals surface area (Å²) in [7, 11) is 1.64. The first kappa shape index (κ1) is 15.5. The van der Waals surface area contributed by atoms with Gasteiger partial charge in [0.05, 0.1) is 25.9 Å². The van der Waals surface area contributed by atoms with Gasteiger partial charge in [0.2, 0.25) is 5.88 Å². The van der Waals surface area contributed by atoms with Gasteiger partial charge in [0, 0.05) is 13.7 Å². The molecule has 0 aromatic carbocycles. The van der Waals surface area contributed by atoms with E-state index in [1.54, 1.807) is 7.11 Å². The van der Waals surface area contributed by atoms with Crippen LogP contribution in [0.3, 0.4) is 0 Å². The molecule has 0 spiro atoms. The van der Waals surface area contributed by atoms with E-state index in [0.29, 0.717) is 43.8 Å². The lowest BCUT2D eigenvalue weighted by Crippen LogP contribution is -2.15. The number of rotatable bonds is 9. The SMILES string of the molecule is COCCOCCNc1ncnc(OC(C)C)c1N.